The van der Waals surface area contributed by atoms with Gasteiger partial charge in [0.25, 0.3) is 0 Å². The van der Waals surface area contributed by atoms with E-state index in [-0.39, 0.29) is 0 Å². The number of furan rings is 1. The van der Waals surface area contributed by atoms with Gasteiger partial charge in [0.15, 0.2) is 0 Å². The first-order valence-corrected chi connectivity index (χ1v) is 7.00. The van der Waals surface area contributed by atoms with E-state index in [1.165, 1.54) is 6.42 Å². The molecule has 0 fully saturated rings. The van der Waals surface area contributed by atoms with E-state index >= 15 is 0 Å². The van der Waals surface area contributed by atoms with Gasteiger partial charge in [0.1, 0.15) is 11.5 Å². The van der Waals surface area contributed by atoms with Crippen molar-refractivity contribution in [3.8, 4) is 0 Å². The van der Waals surface area contributed by atoms with Crippen LogP contribution in [-0.2, 0) is 6.54 Å². The van der Waals surface area contributed by atoms with Gasteiger partial charge in [0.05, 0.1) is 6.54 Å². The second-order valence-electron chi connectivity index (χ2n) is 5.44. The molecule has 0 aliphatic rings. The fourth-order valence-electron chi connectivity index (χ4n) is 2.26. The van der Waals surface area contributed by atoms with Crippen molar-refractivity contribution in [1.82, 2.24) is 10.2 Å². The Balaban J connectivity index is 2.50. The molecular formula is C15H28N2O. The highest BCUT2D eigenvalue weighted by molar-refractivity contribution is 5.05. The summed E-state index contributed by atoms with van der Waals surface area (Å²) in [6.45, 7) is 11.8. The molecule has 0 bridgehead atoms. The molecular weight excluding hydrogens is 224 g/mol. The van der Waals surface area contributed by atoms with Crippen molar-refractivity contribution in [2.75, 3.05) is 20.1 Å². The summed E-state index contributed by atoms with van der Waals surface area (Å²) in [5, 5.41) is 3.52. The molecule has 0 aromatic carbocycles. The van der Waals surface area contributed by atoms with E-state index in [0.717, 1.165) is 31.2 Å². The number of likely N-dealkylation sites (N-methyl/N-ethyl adjacent to an activating group) is 1. The van der Waals surface area contributed by atoms with E-state index in [1.54, 1.807) is 0 Å². The average Bonchev–Trinajstić information content (AvgIpc) is 2.69. The van der Waals surface area contributed by atoms with E-state index in [2.05, 4.69) is 44.1 Å². The molecule has 18 heavy (non-hydrogen) atoms. The molecule has 0 amide bonds. The second-order valence-corrected chi connectivity index (χ2v) is 5.44. The minimum Gasteiger partial charge on any atom is -0.465 e. The summed E-state index contributed by atoms with van der Waals surface area (Å²) in [4.78, 5) is 2.38. The van der Waals surface area contributed by atoms with Crippen LogP contribution >= 0.6 is 0 Å². The van der Waals surface area contributed by atoms with Crippen LogP contribution in [0.15, 0.2) is 16.5 Å². The monoisotopic (exact) mass is 252 g/mol. The summed E-state index contributed by atoms with van der Waals surface area (Å²) < 4.78 is 5.65. The van der Waals surface area contributed by atoms with Gasteiger partial charge in [0.2, 0.25) is 0 Å². The van der Waals surface area contributed by atoms with Crippen LogP contribution in [0.25, 0.3) is 0 Å². The lowest BCUT2D eigenvalue weighted by atomic mass is 10.0. The molecule has 0 radical (unpaired) electrons. The molecule has 0 saturated carbocycles. The fourth-order valence-corrected chi connectivity index (χ4v) is 2.26. The SMILES string of the molecule is CCCNCC(C(C)C)N(C)Cc1ccc(C)o1. The average molecular weight is 252 g/mol. The fraction of sp³-hybridized carbons (Fsp3) is 0.733. The van der Waals surface area contributed by atoms with Crippen molar-refractivity contribution in [2.24, 2.45) is 5.92 Å². The number of nitrogens with one attached hydrogen (secondary N) is 1. The normalized spacial score (nSPS) is 13.5. The quantitative estimate of drug-likeness (QED) is 0.721. The molecule has 0 aliphatic heterocycles. The Morgan fingerprint density at radius 1 is 1.33 bits per heavy atom. The summed E-state index contributed by atoms with van der Waals surface area (Å²) in [6.07, 6.45) is 1.19. The Labute approximate surface area is 112 Å². The van der Waals surface area contributed by atoms with Gasteiger partial charge in [-0.2, -0.15) is 0 Å². The topological polar surface area (TPSA) is 28.4 Å². The van der Waals surface area contributed by atoms with Crippen LogP contribution in [0.2, 0.25) is 0 Å². The highest BCUT2D eigenvalue weighted by Crippen LogP contribution is 2.14. The van der Waals surface area contributed by atoms with Crippen molar-refractivity contribution < 1.29 is 4.42 Å². The molecule has 1 unspecified atom stereocenters. The zero-order valence-corrected chi connectivity index (χ0v) is 12.5. The third kappa shape index (κ3) is 4.83. The molecule has 1 aromatic rings. The van der Waals surface area contributed by atoms with Crippen molar-refractivity contribution >= 4 is 0 Å². The summed E-state index contributed by atoms with van der Waals surface area (Å²) in [5.41, 5.74) is 0. The Bertz CT molecular complexity index is 333. The van der Waals surface area contributed by atoms with E-state index in [0.29, 0.717) is 12.0 Å². The molecule has 0 aliphatic carbocycles. The van der Waals surface area contributed by atoms with Crippen LogP contribution < -0.4 is 5.32 Å². The van der Waals surface area contributed by atoms with Gasteiger partial charge in [0, 0.05) is 12.6 Å². The van der Waals surface area contributed by atoms with E-state index in [9.17, 15) is 0 Å². The number of rotatable bonds is 8. The third-order valence-corrected chi connectivity index (χ3v) is 3.32. The maximum atomic E-state index is 5.65. The minimum absolute atomic E-state index is 0.543. The molecule has 104 valence electrons. The first kappa shape index (κ1) is 15.3. The largest absolute Gasteiger partial charge is 0.465 e. The zero-order valence-electron chi connectivity index (χ0n) is 12.5. The maximum absolute atomic E-state index is 5.65. The van der Waals surface area contributed by atoms with Crippen molar-refractivity contribution in [3.05, 3.63) is 23.7 Å². The van der Waals surface area contributed by atoms with E-state index in [4.69, 9.17) is 4.42 Å². The van der Waals surface area contributed by atoms with Crippen molar-refractivity contribution in [1.29, 1.82) is 0 Å². The molecule has 1 aromatic heterocycles. The van der Waals surface area contributed by atoms with Gasteiger partial charge in [-0.3, -0.25) is 4.90 Å². The number of nitrogens with zero attached hydrogens (tertiary/aromatic N) is 1. The minimum atomic E-state index is 0.543. The molecule has 0 saturated heterocycles. The summed E-state index contributed by atoms with van der Waals surface area (Å²) in [5.74, 6) is 2.68. The van der Waals surface area contributed by atoms with E-state index in [1.807, 2.05) is 13.0 Å². The highest BCUT2D eigenvalue weighted by atomic mass is 16.3. The van der Waals surface area contributed by atoms with Crippen LogP contribution in [0.3, 0.4) is 0 Å². The lowest BCUT2D eigenvalue weighted by Crippen LogP contribution is -2.43. The van der Waals surface area contributed by atoms with Gasteiger partial charge < -0.3 is 9.73 Å². The molecule has 0 spiro atoms. The molecule has 3 nitrogen and oxygen atoms in total. The van der Waals surface area contributed by atoms with Crippen LogP contribution in [0.4, 0.5) is 0 Å². The van der Waals surface area contributed by atoms with Gasteiger partial charge in [-0.05, 0) is 45.0 Å². The van der Waals surface area contributed by atoms with Gasteiger partial charge in [-0.15, -0.1) is 0 Å². The Morgan fingerprint density at radius 3 is 2.56 bits per heavy atom. The van der Waals surface area contributed by atoms with Crippen LogP contribution in [0.5, 0.6) is 0 Å². The number of hydrogen-bond acceptors (Lipinski definition) is 3. The molecule has 1 rings (SSSR count). The summed E-state index contributed by atoms with van der Waals surface area (Å²) in [6, 6.07) is 4.65. The van der Waals surface area contributed by atoms with Crippen molar-refractivity contribution in [2.45, 2.75) is 46.7 Å². The van der Waals surface area contributed by atoms with Gasteiger partial charge in [-0.1, -0.05) is 20.8 Å². The lowest BCUT2D eigenvalue weighted by Gasteiger charge is -2.31. The number of hydrogen-bond donors (Lipinski definition) is 1. The predicted molar refractivity (Wildman–Crippen MR) is 76.7 cm³/mol. The second kappa shape index (κ2) is 7.59. The molecule has 1 N–H and O–H groups in total. The standard InChI is InChI=1S/C15H28N2O/c1-6-9-16-10-15(12(2)3)17(5)11-14-8-7-13(4)18-14/h7-8,12,15-16H,6,9-11H2,1-5H3. The summed E-state index contributed by atoms with van der Waals surface area (Å²) >= 11 is 0. The maximum Gasteiger partial charge on any atom is 0.118 e. The number of aryl methyl sites for hydroxylation is 1. The predicted octanol–water partition coefficient (Wildman–Crippen LogP) is 3.04. The van der Waals surface area contributed by atoms with Gasteiger partial charge in [-0.25, -0.2) is 0 Å². The molecule has 1 heterocycles. The smallest absolute Gasteiger partial charge is 0.118 e. The molecule has 1 atom stereocenters. The first-order valence-electron chi connectivity index (χ1n) is 7.00. The van der Waals surface area contributed by atoms with Crippen molar-refractivity contribution in [3.63, 3.8) is 0 Å². The molecule has 3 heteroatoms. The third-order valence-electron chi connectivity index (χ3n) is 3.32. The van der Waals surface area contributed by atoms with Crippen LogP contribution in [-0.4, -0.2) is 31.1 Å². The highest BCUT2D eigenvalue weighted by Gasteiger charge is 2.19. The lowest BCUT2D eigenvalue weighted by molar-refractivity contribution is 0.168. The summed E-state index contributed by atoms with van der Waals surface area (Å²) in [7, 11) is 2.18. The van der Waals surface area contributed by atoms with Crippen LogP contribution in [0.1, 0.15) is 38.7 Å². The Hall–Kier alpha value is -0.800. The van der Waals surface area contributed by atoms with Gasteiger partial charge >= 0.3 is 0 Å². The first-order chi connectivity index (χ1) is 8.54. The Morgan fingerprint density at radius 2 is 2.06 bits per heavy atom. The van der Waals surface area contributed by atoms with Crippen LogP contribution in [0, 0.1) is 12.8 Å². The zero-order chi connectivity index (χ0) is 13.5. The Kier molecular flexibility index (Phi) is 6.44. The van der Waals surface area contributed by atoms with E-state index < -0.39 is 0 Å².